The van der Waals surface area contributed by atoms with Crippen molar-refractivity contribution >= 4 is 79.1 Å². The fourth-order valence-electron chi connectivity index (χ4n) is 4.07. The largest absolute Gasteiger partial charge is 0.334 e. The van der Waals surface area contributed by atoms with Gasteiger partial charge >= 0.3 is 0 Å². The Labute approximate surface area is 255 Å². The van der Waals surface area contributed by atoms with Crippen LogP contribution in [0.25, 0.3) is 0 Å². The van der Waals surface area contributed by atoms with Crippen molar-refractivity contribution in [2.24, 2.45) is 0 Å². The molecule has 0 bridgehead atoms. The number of hydrogen-bond donors (Lipinski definition) is 3. The summed E-state index contributed by atoms with van der Waals surface area (Å²) in [4.78, 5) is 31.6. The van der Waals surface area contributed by atoms with Gasteiger partial charge in [-0.1, -0.05) is 68.6 Å². The van der Waals surface area contributed by atoms with Crippen molar-refractivity contribution in [3.05, 3.63) is 58.5 Å². The molecule has 41 heavy (non-hydrogen) atoms. The fraction of sp³-hybridized carbons (Fsp3) is 0.370. The zero-order chi connectivity index (χ0) is 30.2. The topological polar surface area (TPSA) is 122 Å². The normalized spacial score (nSPS) is 16.5. The van der Waals surface area contributed by atoms with E-state index < -0.39 is 10.1 Å². The lowest BCUT2D eigenvalue weighted by Gasteiger charge is -2.21. The van der Waals surface area contributed by atoms with Crippen LogP contribution >= 0.6 is 35.7 Å². The molecule has 2 heterocycles. The number of carbonyl (C=O) groups is 2. The van der Waals surface area contributed by atoms with Crippen LogP contribution in [0.3, 0.4) is 0 Å². The van der Waals surface area contributed by atoms with Crippen LogP contribution in [-0.2, 0) is 19.7 Å². The van der Waals surface area contributed by atoms with Crippen molar-refractivity contribution in [1.82, 2.24) is 10.3 Å². The number of hydrogen-bond acceptors (Lipinski definition) is 10. The second kappa shape index (κ2) is 15.0. The van der Waals surface area contributed by atoms with Gasteiger partial charge in [0, 0.05) is 18.4 Å². The number of nitrogens with one attached hydrogen (secondary N) is 2. The molecule has 1 fully saturated rings. The number of anilines is 3. The van der Waals surface area contributed by atoms with E-state index in [1.54, 1.807) is 24.3 Å². The van der Waals surface area contributed by atoms with Crippen LogP contribution in [0.4, 0.5) is 17.1 Å². The molecular weight excluding hydrogens is 603 g/mol. The first kappa shape index (κ1) is 32.9. The van der Waals surface area contributed by atoms with Crippen molar-refractivity contribution in [2.75, 3.05) is 47.2 Å². The molecule has 222 valence electrons. The van der Waals surface area contributed by atoms with Gasteiger partial charge in [-0.2, -0.15) is 8.42 Å². The molecule has 0 radical (unpaired) electrons. The molecule has 14 heteroatoms. The molecule has 4 rings (SSSR count). The highest BCUT2D eigenvalue weighted by Gasteiger charge is 2.39. The van der Waals surface area contributed by atoms with Crippen LogP contribution < -0.4 is 20.7 Å². The number of thiocarbonyl (C=S) groups is 1. The number of amides is 2. The SMILES string of the molecule is CC(=O)NNc1ccc(N2C(=O)/C(=C3\Sc4ccccc4N3CCCS(=O)(=O)O)SC2=S)cc1.CCN(CC)CC. The van der Waals surface area contributed by atoms with E-state index in [-0.39, 0.29) is 24.0 Å². The number of benzene rings is 2. The number of para-hydroxylation sites is 1. The predicted molar refractivity (Wildman–Crippen MR) is 173 cm³/mol. The van der Waals surface area contributed by atoms with E-state index in [2.05, 4.69) is 36.5 Å². The van der Waals surface area contributed by atoms with Crippen LogP contribution in [0.5, 0.6) is 0 Å². The Morgan fingerprint density at radius 2 is 1.66 bits per heavy atom. The van der Waals surface area contributed by atoms with Crippen LogP contribution in [0.1, 0.15) is 34.1 Å². The zero-order valence-corrected chi connectivity index (χ0v) is 26.7. The molecule has 0 spiro atoms. The summed E-state index contributed by atoms with van der Waals surface area (Å²) in [5.41, 5.74) is 7.35. The summed E-state index contributed by atoms with van der Waals surface area (Å²) in [5.74, 6) is -0.875. The maximum absolute atomic E-state index is 13.4. The average molecular weight is 638 g/mol. The summed E-state index contributed by atoms with van der Waals surface area (Å²) >= 11 is 8.13. The quantitative estimate of drug-likeness (QED) is 0.142. The summed E-state index contributed by atoms with van der Waals surface area (Å²) in [5, 5.41) is 0.681. The Balaban J connectivity index is 0.000000587. The number of carbonyl (C=O) groups excluding carboxylic acids is 2. The minimum Gasteiger partial charge on any atom is -0.334 e. The van der Waals surface area contributed by atoms with E-state index in [0.29, 0.717) is 32.2 Å². The highest BCUT2D eigenvalue weighted by molar-refractivity contribution is 8.27. The summed E-state index contributed by atoms with van der Waals surface area (Å²) in [6, 6.07) is 14.5. The number of rotatable bonds is 10. The lowest BCUT2D eigenvalue weighted by atomic mass is 10.2. The fourth-order valence-corrected chi connectivity index (χ4v) is 7.20. The van der Waals surface area contributed by atoms with Crippen molar-refractivity contribution in [3.63, 3.8) is 0 Å². The molecule has 0 aliphatic carbocycles. The minimum atomic E-state index is -4.09. The number of nitrogens with zero attached hydrogens (tertiary/aromatic N) is 3. The van der Waals surface area contributed by atoms with E-state index in [9.17, 15) is 18.0 Å². The van der Waals surface area contributed by atoms with E-state index in [4.69, 9.17) is 16.8 Å². The van der Waals surface area contributed by atoms with E-state index >= 15 is 0 Å². The zero-order valence-electron chi connectivity index (χ0n) is 23.4. The predicted octanol–water partition coefficient (Wildman–Crippen LogP) is 4.92. The van der Waals surface area contributed by atoms with Gasteiger partial charge in [0.15, 0.2) is 4.32 Å². The molecule has 2 aliphatic rings. The van der Waals surface area contributed by atoms with Gasteiger partial charge in [-0.25, -0.2) is 0 Å². The Morgan fingerprint density at radius 1 is 1.02 bits per heavy atom. The summed E-state index contributed by atoms with van der Waals surface area (Å²) in [6.45, 7) is 11.8. The van der Waals surface area contributed by atoms with Crippen LogP contribution in [-0.4, -0.2) is 65.9 Å². The average Bonchev–Trinajstić information content (AvgIpc) is 3.44. The first-order valence-electron chi connectivity index (χ1n) is 13.1. The second-order valence-electron chi connectivity index (χ2n) is 8.98. The van der Waals surface area contributed by atoms with Gasteiger partial charge in [0.1, 0.15) is 9.93 Å². The second-order valence-corrected chi connectivity index (χ2v) is 13.2. The molecule has 1 saturated heterocycles. The maximum atomic E-state index is 13.4. The van der Waals surface area contributed by atoms with Crippen LogP contribution in [0.2, 0.25) is 0 Å². The molecule has 2 amide bonds. The number of fused-ring (bicyclic) bond motifs is 1. The van der Waals surface area contributed by atoms with Crippen molar-refractivity contribution < 1.29 is 22.6 Å². The molecule has 10 nitrogen and oxygen atoms in total. The summed E-state index contributed by atoms with van der Waals surface area (Å²) < 4.78 is 31.9. The third kappa shape index (κ3) is 8.93. The Hall–Kier alpha value is -2.62. The van der Waals surface area contributed by atoms with Crippen molar-refractivity contribution in [2.45, 2.75) is 39.0 Å². The molecule has 3 N–H and O–H groups in total. The monoisotopic (exact) mass is 637 g/mol. The van der Waals surface area contributed by atoms with E-state index in [0.717, 1.165) is 10.6 Å². The van der Waals surface area contributed by atoms with Gasteiger partial charge < -0.3 is 9.80 Å². The third-order valence-electron chi connectivity index (χ3n) is 6.21. The van der Waals surface area contributed by atoms with Crippen molar-refractivity contribution in [3.8, 4) is 0 Å². The molecule has 2 aliphatic heterocycles. The Morgan fingerprint density at radius 3 is 2.22 bits per heavy atom. The highest BCUT2D eigenvalue weighted by atomic mass is 32.2. The maximum Gasteiger partial charge on any atom is 0.273 e. The first-order chi connectivity index (χ1) is 19.5. The van der Waals surface area contributed by atoms with Gasteiger partial charge in [0.2, 0.25) is 5.91 Å². The lowest BCUT2D eigenvalue weighted by molar-refractivity contribution is -0.118. The van der Waals surface area contributed by atoms with Crippen LogP contribution in [0, 0.1) is 0 Å². The molecule has 2 aromatic rings. The Bertz CT molecular complexity index is 1390. The first-order valence-corrected chi connectivity index (χ1v) is 16.8. The molecular formula is C27H35N5O5S4. The van der Waals surface area contributed by atoms with Gasteiger partial charge in [0.25, 0.3) is 16.0 Å². The number of hydrazine groups is 1. The summed E-state index contributed by atoms with van der Waals surface area (Å²) in [6.07, 6.45) is 0.195. The highest BCUT2D eigenvalue weighted by Crippen LogP contribution is 2.51. The molecule has 2 aromatic carbocycles. The van der Waals surface area contributed by atoms with Gasteiger partial charge in [-0.05, 0) is 62.5 Å². The molecule has 0 saturated carbocycles. The Kier molecular flexibility index (Phi) is 12.1. The standard InChI is InChI=1S/C21H20N4O5S4.C6H15N/c1-13(26)22-23-14-7-9-15(10-8-14)25-19(27)18(33-21(25)31)20-24(11-4-12-34(28,29)30)16-5-2-3-6-17(16)32-20;1-4-7(5-2)6-3/h2-3,5-10,23H,4,11-12H2,1H3,(H,22,26)(H,28,29,30);4-6H2,1-3H3/b20-18+;. The lowest BCUT2D eigenvalue weighted by Crippen LogP contribution is -2.29. The van der Waals surface area contributed by atoms with Gasteiger partial charge in [0.05, 0.1) is 22.8 Å². The number of thioether (sulfide) groups is 2. The van der Waals surface area contributed by atoms with Crippen LogP contribution in [0.15, 0.2) is 63.4 Å². The molecule has 0 atom stereocenters. The summed E-state index contributed by atoms with van der Waals surface area (Å²) in [7, 11) is -4.09. The van der Waals surface area contributed by atoms with Crippen molar-refractivity contribution in [1.29, 1.82) is 0 Å². The molecule has 0 aromatic heterocycles. The van der Waals surface area contributed by atoms with Gasteiger partial charge in [-0.3, -0.25) is 29.9 Å². The molecule has 0 unspecified atom stereocenters. The van der Waals surface area contributed by atoms with Gasteiger partial charge in [-0.15, -0.1) is 0 Å². The smallest absolute Gasteiger partial charge is 0.273 e. The minimum absolute atomic E-state index is 0.195. The van der Waals surface area contributed by atoms with E-state index in [1.807, 2.05) is 29.2 Å². The third-order valence-corrected chi connectivity index (χ3v) is 9.68. The van der Waals surface area contributed by atoms with E-state index in [1.165, 1.54) is 55.0 Å².